The van der Waals surface area contributed by atoms with Gasteiger partial charge in [0.2, 0.25) is 0 Å². The van der Waals surface area contributed by atoms with Crippen LogP contribution in [0.25, 0.3) is 0 Å². The first-order valence-corrected chi connectivity index (χ1v) is 16.6. The summed E-state index contributed by atoms with van der Waals surface area (Å²) in [4.78, 5) is 0. The maximum Gasteiger partial charge on any atom is 0.0598 e. The van der Waals surface area contributed by atoms with E-state index in [0.29, 0.717) is 0 Å². The van der Waals surface area contributed by atoms with Crippen LogP contribution in [0.2, 0.25) is 0 Å². The maximum absolute atomic E-state index is 5.93. The van der Waals surface area contributed by atoms with Crippen LogP contribution in [0.5, 0.6) is 0 Å². The SMILES string of the molecule is CC(C)(C)OCCCCCCC1CCC(C2(C3C4CCCCC4C4CCCCC43)CCCCC2)C1. The second-order valence-electron chi connectivity index (χ2n) is 15.1. The fourth-order valence-corrected chi connectivity index (χ4v) is 10.9. The molecule has 0 aromatic carbocycles. The molecule has 0 heterocycles. The van der Waals surface area contributed by atoms with E-state index in [2.05, 4.69) is 20.8 Å². The second kappa shape index (κ2) is 11.8. The summed E-state index contributed by atoms with van der Waals surface area (Å²) in [6.45, 7) is 7.48. The Hall–Kier alpha value is -0.0400. The fraction of sp³-hybridized carbons (Fsp3) is 1.00. The molecule has 0 spiro atoms. The third kappa shape index (κ3) is 6.01. The highest BCUT2D eigenvalue weighted by Crippen LogP contribution is 2.68. The van der Waals surface area contributed by atoms with Crippen molar-refractivity contribution in [2.24, 2.45) is 46.8 Å². The van der Waals surface area contributed by atoms with Gasteiger partial charge in [-0.25, -0.2) is 0 Å². The van der Waals surface area contributed by atoms with Crippen LogP contribution in [0.4, 0.5) is 0 Å². The maximum atomic E-state index is 5.93. The molecule has 0 radical (unpaired) electrons. The Labute approximate surface area is 219 Å². The second-order valence-corrected chi connectivity index (χ2v) is 15.1. The first-order chi connectivity index (χ1) is 17.0. The Bertz CT molecular complexity index is 617. The van der Waals surface area contributed by atoms with Gasteiger partial charge in [0.25, 0.3) is 0 Å². The molecule has 0 bridgehead atoms. The van der Waals surface area contributed by atoms with Gasteiger partial charge in [-0.15, -0.1) is 0 Å². The standard InChI is InChI=1S/C34H60O/c1-33(2,3)35-24-14-5-4-7-15-26-20-21-27(25-26)34(22-12-6-13-23-34)32-30-18-10-8-16-28(30)29-17-9-11-19-31(29)32/h26-32H,4-25H2,1-3H3. The lowest BCUT2D eigenvalue weighted by Crippen LogP contribution is -2.45. The summed E-state index contributed by atoms with van der Waals surface area (Å²) in [5, 5.41) is 0. The Morgan fingerprint density at radius 3 is 1.86 bits per heavy atom. The zero-order valence-electron chi connectivity index (χ0n) is 24.0. The predicted molar refractivity (Wildman–Crippen MR) is 150 cm³/mol. The van der Waals surface area contributed by atoms with Crippen molar-refractivity contribution in [3.05, 3.63) is 0 Å². The van der Waals surface area contributed by atoms with Crippen molar-refractivity contribution in [1.29, 1.82) is 0 Å². The molecule has 202 valence electrons. The van der Waals surface area contributed by atoms with Crippen LogP contribution >= 0.6 is 0 Å². The molecule has 0 saturated heterocycles. The zero-order valence-corrected chi connectivity index (χ0v) is 24.0. The Balaban J connectivity index is 1.19. The number of rotatable bonds is 9. The van der Waals surface area contributed by atoms with Crippen molar-refractivity contribution in [1.82, 2.24) is 0 Å². The van der Waals surface area contributed by atoms with Gasteiger partial charge in [-0.1, -0.05) is 77.0 Å². The molecule has 5 aliphatic carbocycles. The topological polar surface area (TPSA) is 9.23 Å². The Kier molecular flexibility index (Phi) is 8.94. The molecular formula is C34H60O. The molecule has 5 saturated carbocycles. The fourth-order valence-electron chi connectivity index (χ4n) is 10.9. The number of hydrogen-bond acceptors (Lipinski definition) is 1. The van der Waals surface area contributed by atoms with Crippen LogP contribution in [0.3, 0.4) is 0 Å². The average Bonchev–Trinajstić information content (AvgIpc) is 3.47. The van der Waals surface area contributed by atoms with Gasteiger partial charge in [-0.05, 0) is 125 Å². The van der Waals surface area contributed by atoms with Crippen LogP contribution < -0.4 is 0 Å². The third-order valence-corrected chi connectivity index (χ3v) is 12.1. The van der Waals surface area contributed by atoms with E-state index in [0.717, 1.165) is 53.4 Å². The van der Waals surface area contributed by atoms with E-state index in [1.54, 1.807) is 96.3 Å². The van der Waals surface area contributed by atoms with Gasteiger partial charge in [-0.3, -0.25) is 0 Å². The highest BCUT2D eigenvalue weighted by atomic mass is 16.5. The summed E-state index contributed by atoms with van der Waals surface area (Å²) in [5.74, 6) is 7.80. The summed E-state index contributed by atoms with van der Waals surface area (Å²) < 4.78 is 5.93. The molecule has 6 unspecified atom stereocenters. The van der Waals surface area contributed by atoms with E-state index in [-0.39, 0.29) is 5.60 Å². The summed E-state index contributed by atoms with van der Waals surface area (Å²) in [6.07, 6.45) is 32.3. The van der Waals surface area contributed by atoms with Crippen molar-refractivity contribution in [2.45, 2.75) is 161 Å². The molecule has 1 nitrogen and oxygen atoms in total. The van der Waals surface area contributed by atoms with Crippen LogP contribution in [0.1, 0.15) is 156 Å². The van der Waals surface area contributed by atoms with Gasteiger partial charge in [0.15, 0.2) is 0 Å². The normalized spacial score (nSPS) is 39.3. The van der Waals surface area contributed by atoms with Crippen molar-refractivity contribution >= 4 is 0 Å². The molecule has 0 aromatic rings. The molecule has 0 aromatic heterocycles. The molecule has 5 rings (SSSR count). The quantitative estimate of drug-likeness (QED) is 0.296. The van der Waals surface area contributed by atoms with Crippen LogP contribution in [0, 0.1) is 46.8 Å². The van der Waals surface area contributed by atoms with Crippen molar-refractivity contribution in [3.8, 4) is 0 Å². The smallest absolute Gasteiger partial charge is 0.0598 e. The number of fused-ring (bicyclic) bond motifs is 3. The number of ether oxygens (including phenoxy) is 1. The molecule has 0 amide bonds. The van der Waals surface area contributed by atoms with Gasteiger partial charge >= 0.3 is 0 Å². The van der Waals surface area contributed by atoms with E-state index < -0.39 is 0 Å². The van der Waals surface area contributed by atoms with Gasteiger partial charge in [-0.2, -0.15) is 0 Å². The highest BCUT2D eigenvalue weighted by Gasteiger charge is 2.60. The van der Waals surface area contributed by atoms with Gasteiger partial charge in [0.1, 0.15) is 0 Å². The summed E-state index contributed by atoms with van der Waals surface area (Å²) in [7, 11) is 0. The molecule has 6 atom stereocenters. The lowest BCUT2D eigenvalue weighted by molar-refractivity contribution is -0.0333. The van der Waals surface area contributed by atoms with Crippen molar-refractivity contribution in [3.63, 3.8) is 0 Å². The zero-order chi connectivity index (χ0) is 24.3. The number of hydrogen-bond donors (Lipinski definition) is 0. The molecular weight excluding hydrogens is 424 g/mol. The van der Waals surface area contributed by atoms with E-state index in [1.807, 2.05) is 0 Å². The predicted octanol–water partition coefficient (Wildman–Crippen LogP) is 10.4. The Morgan fingerprint density at radius 2 is 1.23 bits per heavy atom. The molecule has 1 heteroatoms. The van der Waals surface area contributed by atoms with E-state index in [4.69, 9.17) is 4.74 Å². The van der Waals surface area contributed by atoms with E-state index in [1.165, 1.54) is 38.5 Å². The lowest BCUT2D eigenvalue weighted by atomic mass is 9.52. The molecule has 5 fully saturated rings. The van der Waals surface area contributed by atoms with Gasteiger partial charge in [0, 0.05) is 6.61 Å². The molecule has 0 aliphatic heterocycles. The van der Waals surface area contributed by atoms with Gasteiger partial charge < -0.3 is 4.74 Å². The summed E-state index contributed by atoms with van der Waals surface area (Å²) in [6, 6.07) is 0. The lowest BCUT2D eigenvalue weighted by Gasteiger charge is -2.52. The molecule has 5 aliphatic rings. The highest BCUT2D eigenvalue weighted by molar-refractivity contribution is 5.09. The summed E-state index contributed by atoms with van der Waals surface area (Å²) in [5.41, 5.74) is 0.789. The Morgan fingerprint density at radius 1 is 0.629 bits per heavy atom. The van der Waals surface area contributed by atoms with E-state index >= 15 is 0 Å². The summed E-state index contributed by atoms with van der Waals surface area (Å²) >= 11 is 0. The van der Waals surface area contributed by atoms with Crippen LogP contribution in [-0.2, 0) is 4.74 Å². The van der Waals surface area contributed by atoms with Crippen molar-refractivity contribution in [2.75, 3.05) is 6.61 Å². The number of unbranched alkanes of at least 4 members (excludes halogenated alkanes) is 3. The third-order valence-electron chi connectivity index (χ3n) is 12.1. The molecule has 0 N–H and O–H groups in total. The minimum Gasteiger partial charge on any atom is -0.376 e. The average molecular weight is 485 g/mol. The van der Waals surface area contributed by atoms with Crippen LogP contribution in [-0.4, -0.2) is 12.2 Å². The minimum atomic E-state index is 0.0303. The first kappa shape index (κ1) is 26.6. The minimum absolute atomic E-state index is 0.0303. The van der Waals surface area contributed by atoms with E-state index in [9.17, 15) is 0 Å². The van der Waals surface area contributed by atoms with Crippen LogP contribution in [0.15, 0.2) is 0 Å². The first-order valence-electron chi connectivity index (χ1n) is 16.6. The largest absolute Gasteiger partial charge is 0.376 e. The van der Waals surface area contributed by atoms with Gasteiger partial charge in [0.05, 0.1) is 5.60 Å². The molecule has 35 heavy (non-hydrogen) atoms. The monoisotopic (exact) mass is 484 g/mol. The van der Waals surface area contributed by atoms with Crippen molar-refractivity contribution < 1.29 is 4.74 Å².